The second kappa shape index (κ2) is 6.80. The number of aromatic nitrogens is 1. The number of amides is 1. The molecule has 0 saturated heterocycles. The van der Waals surface area contributed by atoms with Crippen LogP contribution in [0.1, 0.15) is 36.0 Å². The number of carbonyl (C=O) groups excluding carboxylic acids is 1. The summed E-state index contributed by atoms with van der Waals surface area (Å²) in [6, 6.07) is 4.78. The monoisotopic (exact) mass is 375 g/mol. The number of benzene rings is 1. The van der Waals surface area contributed by atoms with E-state index in [1.165, 1.54) is 6.20 Å². The van der Waals surface area contributed by atoms with E-state index in [9.17, 15) is 14.7 Å². The van der Waals surface area contributed by atoms with Crippen molar-refractivity contribution in [3.63, 3.8) is 0 Å². The maximum atomic E-state index is 12.7. The standard InChI is InChI=1S/C17H18ClN5O3/c18-12-8-21-13(22-16(19)20)11-7-9(3-4-10(11)12)14(24)23-17(15(25)26)5-1-2-6-17/h3-4,7-8H,1-2,5-6H2,(H,23,24)(H,25,26)(H4,19,20,21,22). The molecule has 1 amide bonds. The number of pyridine rings is 1. The summed E-state index contributed by atoms with van der Waals surface area (Å²) in [5, 5.41) is 23.7. The number of halogens is 1. The van der Waals surface area contributed by atoms with Gasteiger partial charge in [0.25, 0.3) is 5.91 Å². The van der Waals surface area contributed by atoms with E-state index in [4.69, 9.17) is 22.7 Å². The van der Waals surface area contributed by atoms with Gasteiger partial charge in [-0.3, -0.25) is 10.2 Å². The molecule has 136 valence electrons. The topological polar surface area (TPSA) is 141 Å². The molecule has 1 aliphatic carbocycles. The molecule has 1 fully saturated rings. The number of carboxylic acids is 1. The Kier molecular flexibility index (Phi) is 4.69. The van der Waals surface area contributed by atoms with Gasteiger partial charge in [-0.1, -0.05) is 30.5 Å². The van der Waals surface area contributed by atoms with Crippen LogP contribution in [0.15, 0.2) is 24.4 Å². The number of guanidine groups is 1. The van der Waals surface area contributed by atoms with Crippen LogP contribution in [0.5, 0.6) is 0 Å². The highest BCUT2D eigenvalue weighted by Crippen LogP contribution is 2.32. The molecule has 9 heteroatoms. The Morgan fingerprint density at radius 1 is 1.27 bits per heavy atom. The van der Waals surface area contributed by atoms with Crippen molar-refractivity contribution in [2.45, 2.75) is 31.2 Å². The molecule has 2 aromatic rings. The first kappa shape index (κ1) is 17.9. The Bertz CT molecular complexity index is 909. The first-order valence-corrected chi connectivity index (χ1v) is 8.45. The molecule has 1 aromatic carbocycles. The molecular formula is C17H18ClN5O3. The first-order valence-electron chi connectivity index (χ1n) is 8.08. The maximum absolute atomic E-state index is 12.7. The third-order valence-corrected chi connectivity index (χ3v) is 4.87. The minimum Gasteiger partial charge on any atom is -0.480 e. The van der Waals surface area contributed by atoms with Crippen LogP contribution in [0.3, 0.4) is 0 Å². The van der Waals surface area contributed by atoms with Crippen LogP contribution < -0.4 is 16.4 Å². The lowest BCUT2D eigenvalue weighted by atomic mass is 9.97. The van der Waals surface area contributed by atoms with Crippen LogP contribution in [-0.4, -0.2) is 33.5 Å². The van der Waals surface area contributed by atoms with Crippen molar-refractivity contribution in [2.24, 2.45) is 5.73 Å². The van der Waals surface area contributed by atoms with Gasteiger partial charge < -0.3 is 21.5 Å². The van der Waals surface area contributed by atoms with Crippen molar-refractivity contribution in [2.75, 3.05) is 5.32 Å². The molecule has 0 unspecified atom stereocenters. The zero-order valence-corrected chi connectivity index (χ0v) is 14.6. The van der Waals surface area contributed by atoms with E-state index >= 15 is 0 Å². The Morgan fingerprint density at radius 3 is 2.58 bits per heavy atom. The van der Waals surface area contributed by atoms with E-state index in [1.54, 1.807) is 18.2 Å². The maximum Gasteiger partial charge on any atom is 0.329 e. The second-order valence-corrected chi connectivity index (χ2v) is 6.71. The summed E-state index contributed by atoms with van der Waals surface area (Å²) in [7, 11) is 0. The molecule has 3 rings (SSSR count). The molecule has 8 nitrogen and oxygen atoms in total. The Hall–Kier alpha value is -2.87. The SMILES string of the molecule is N=C(N)Nc1ncc(Cl)c2ccc(C(=O)NC3(C(=O)O)CCCC3)cc12. The first-order chi connectivity index (χ1) is 12.3. The van der Waals surface area contributed by atoms with Crippen molar-refractivity contribution in [1.29, 1.82) is 5.41 Å². The van der Waals surface area contributed by atoms with Crippen LogP contribution in [0.4, 0.5) is 5.82 Å². The molecule has 0 radical (unpaired) electrons. The molecule has 1 heterocycles. The average Bonchev–Trinajstić information content (AvgIpc) is 3.06. The summed E-state index contributed by atoms with van der Waals surface area (Å²) in [4.78, 5) is 28.4. The zero-order valence-electron chi connectivity index (χ0n) is 13.8. The highest BCUT2D eigenvalue weighted by molar-refractivity contribution is 6.36. The van der Waals surface area contributed by atoms with Gasteiger partial charge in [-0.05, 0) is 25.0 Å². The molecule has 1 aromatic heterocycles. The van der Waals surface area contributed by atoms with Crippen molar-refractivity contribution in [1.82, 2.24) is 10.3 Å². The summed E-state index contributed by atoms with van der Waals surface area (Å²) >= 11 is 6.15. The number of hydrogen-bond donors (Lipinski definition) is 5. The van der Waals surface area contributed by atoms with Gasteiger partial charge in [0.05, 0.1) is 5.02 Å². The van der Waals surface area contributed by atoms with Crippen molar-refractivity contribution < 1.29 is 14.7 Å². The lowest BCUT2D eigenvalue weighted by molar-refractivity contribution is -0.144. The van der Waals surface area contributed by atoms with Crippen LogP contribution in [0.25, 0.3) is 10.8 Å². The van der Waals surface area contributed by atoms with E-state index in [-0.39, 0.29) is 11.5 Å². The van der Waals surface area contributed by atoms with E-state index in [0.29, 0.717) is 34.5 Å². The summed E-state index contributed by atoms with van der Waals surface area (Å²) < 4.78 is 0. The van der Waals surface area contributed by atoms with Gasteiger partial charge in [0.2, 0.25) is 0 Å². The van der Waals surface area contributed by atoms with Gasteiger partial charge >= 0.3 is 5.97 Å². The molecule has 0 bridgehead atoms. The lowest BCUT2D eigenvalue weighted by Gasteiger charge is -2.25. The minimum absolute atomic E-state index is 0.278. The molecule has 6 N–H and O–H groups in total. The number of carboxylic acid groups (broad SMARTS) is 1. The fourth-order valence-electron chi connectivity index (χ4n) is 3.24. The van der Waals surface area contributed by atoms with Gasteiger partial charge in [-0.25, -0.2) is 9.78 Å². The second-order valence-electron chi connectivity index (χ2n) is 6.30. The van der Waals surface area contributed by atoms with Crippen molar-refractivity contribution in [3.05, 3.63) is 35.0 Å². The van der Waals surface area contributed by atoms with Crippen molar-refractivity contribution in [3.8, 4) is 0 Å². The number of rotatable bonds is 4. The highest BCUT2D eigenvalue weighted by atomic mass is 35.5. The van der Waals surface area contributed by atoms with E-state index in [0.717, 1.165) is 12.8 Å². The predicted octanol–water partition coefficient (Wildman–Crippen LogP) is 2.32. The zero-order chi connectivity index (χ0) is 18.9. The molecule has 0 aliphatic heterocycles. The molecule has 26 heavy (non-hydrogen) atoms. The number of anilines is 1. The van der Waals surface area contributed by atoms with Crippen LogP contribution in [0, 0.1) is 5.41 Å². The Balaban J connectivity index is 1.98. The third-order valence-electron chi connectivity index (χ3n) is 4.57. The van der Waals surface area contributed by atoms with E-state index in [2.05, 4.69) is 15.6 Å². The minimum atomic E-state index is -1.22. The van der Waals surface area contributed by atoms with E-state index in [1.807, 2.05) is 0 Å². The predicted molar refractivity (Wildman–Crippen MR) is 98.6 cm³/mol. The molecule has 0 spiro atoms. The summed E-state index contributed by atoms with van der Waals surface area (Å²) in [5.41, 5.74) is 4.42. The molecule has 1 saturated carbocycles. The number of nitrogens with zero attached hydrogens (tertiary/aromatic N) is 1. The lowest BCUT2D eigenvalue weighted by Crippen LogP contribution is -2.52. The van der Waals surface area contributed by atoms with Crippen LogP contribution >= 0.6 is 11.6 Å². The molecular weight excluding hydrogens is 358 g/mol. The normalized spacial score (nSPS) is 15.6. The largest absolute Gasteiger partial charge is 0.480 e. The number of hydrogen-bond acceptors (Lipinski definition) is 4. The summed E-state index contributed by atoms with van der Waals surface area (Å²) in [5.74, 6) is -1.51. The fourth-order valence-corrected chi connectivity index (χ4v) is 3.45. The number of nitrogens with one attached hydrogen (secondary N) is 3. The number of nitrogens with two attached hydrogens (primary N) is 1. The fraction of sp³-hybridized carbons (Fsp3) is 0.294. The van der Waals surface area contributed by atoms with Crippen molar-refractivity contribution >= 4 is 46.0 Å². The van der Waals surface area contributed by atoms with E-state index < -0.39 is 17.4 Å². The van der Waals surface area contributed by atoms with Gasteiger partial charge in [-0.2, -0.15) is 0 Å². The Morgan fingerprint density at radius 2 is 1.96 bits per heavy atom. The highest BCUT2D eigenvalue weighted by Gasteiger charge is 2.42. The van der Waals surface area contributed by atoms with Gasteiger partial charge in [0.15, 0.2) is 5.96 Å². The number of carbonyl (C=O) groups is 2. The van der Waals surface area contributed by atoms with Gasteiger partial charge in [-0.15, -0.1) is 0 Å². The number of aliphatic carboxylic acids is 1. The molecule has 0 atom stereocenters. The summed E-state index contributed by atoms with van der Waals surface area (Å²) in [6.45, 7) is 0. The smallest absolute Gasteiger partial charge is 0.329 e. The van der Waals surface area contributed by atoms with Gasteiger partial charge in [0.1, 0.15) is 11.4 Å². The number of fused-ring (bicyclic) bond motifs is 1. The quantitative estimate of drug-likeness (QED) is 0.410. The van der Waals surface area contributed by atoms with Crippen LogP contribution in [-0.2, 0) is 4.79 Å². The summed E-state index contributed by atoms with van der Waals surface area (Å²) in [6.07, 6.45) is 3.76. The van der Waals surface area contributed by atoms with Gasteiger partial charge in [0, 0.05) is 22.5 Å². The Labute approximate surface area is 154 Å². The van der Waals surface area contributed by atoms with Crippen LogP contribution in [0.2, 0.25) is 5.02 Å². The molecule has 1 aliphatic rings. The average molecular weight is 376 g/mol. The third kappa shape index (κ3) is 3.28.